The van der Waals surface area contributed by atoms with Gasteiger partial charge in [0.2, 0.25) is 0 Å². The van der Waals surface area contributed by atoms with Crippen LogP contribution in [0.4, 0.5) is 0 Å². The zero-order chi connectivity index (χ0) is 10.8. The summed E-state index contributed by atoms with van der Waals surface area (Å²) < 4.78 is 0. The highest BCUT2D eigenvalue weighted by Gasteiger charge is 2.07. The Bertz CT molecular complexity index is 130. The molecule has 0 aromatic heterocycles. The van der Waals surface area contributed by atoms with E-state index in [1.165, 1.54) is 57.8 Å². The lowest BCUT2D eigenvalue weighted by atomic mass is 10.1. The molecule has 0 aromatic rings. The molecule has 0 aromatic carbocycles. The van der Waals surface area contributed by atoms with Gasteiger partial charge in [-0.15, -0.1) is 0 Å². The lowest BCUT2D eigenvalue weighted by Crippen LogP contribution is -2.28. The number of hydroxylamine groups is 2. The second-order valence-corrected chi connectivity index (χ2v) is 4.59. The molecule has 0 saturated carbocycles. The van der Waals surface area contributed by atoms with Gasteiger partial charge in [-0.1, -0.05) is 45.4 Å². The summed E-state index contributed by atoms with van der Waals surface area (Å²) in [6.07, 6.45) is 12.0. The molecule has 0 spiro atoms. The molecule has 0 bridgehead atoms. The molecule has 0 aliphatic carbocycles. The minimum absolute atomic E-state index is 0.931. The third kappa shape index (κ3) is 6.91. The molecule has 0 radical (unpaired) electrons. The second kappa shape index (κ2) is 9.17. The van der Waals surface area contributed by atoms with Gasteiger partial charge in [0.05, 0.1) is 6.61 Å². The lowest BCUT2D eigenvalue weighted by molar-refractivity contribution is -0.163. The maximum atomic E-state index is 5.80. The van der Waals surface area contributed by atoms with Gasteiger partial charge in [0, 0.05) is 13.1 Å². The molecule has 1 heterocycles. The Kier molecular flexibility index (Phi) is 7.94. The largest absolute Gasteiger partial charge is 0.299 e. The topological polar surface area (TPSA) is 12.5 Å². The molecule has 0 amide bonds. The third-order valence-corrected chi connectivity index (χ3v) is 3.09. The summed E-state index contributed by atoms with van der Waals surface area (Å²) in [5.41, 5.74) is 0. The van der Waals surface area contributed by atoms with Crippen LogP contribution < -0.4 is 0 Å². The predicted octanol–water partition coefficient (Wildman–Crippen LogP) is 3.76. The van der Waals surface area contributed by atoms with Crippen LogP contribution in [-0.2, 0) is 4.84 Å². The van der Waals surface area contributed by atoms with Crippen molar-refractivity contribution >= 4 is 0 Å². The highest BCUT2D eigenvalue weighted by atomic mass is 16.7. The first-order valence-electron chi connectivity index (χ1n) is 6.81. The molecular formula is C13H27NO. The fraction of sp³-hybridized carbons (Fsp3) is 1.00. The van der Waals surface area contributed by atoms with E-state index >= 15 is 0 Å². The molecule has 1 aliphatic rings. The second-order valence-electron chi connectivity index (χ2n) is 4.59. The fourth-order valence-corrected chi connectivity index (χ4v) is 2.07. The van der Waals surface area contributed by atoms with Gasteiger partial charge in [0.1, 0.15) is 0 Å². The van der Waals surface area contributed by atoms with Crippen LogP contribution in [0.25, 0.3) is 0 Å². The van der Waals surface area contributed by atoms with E-state index in [2.05, 4.69) is 12.0 Å². The van der Waals surface area contributed by atoms with Crippen molar-refractivity contribution in [1.29, 1.82) is 0 Å². The van der Waals surface area contributed by atoms with Gasteiger partial charge in [-0.2, -0.15) is 5.06 Å². The quantitative estimate of drug-likeness (QED) is 0.623. The van der Waals surface area contributed by atoms with E-state index in [1.54, 1.807) is 0 Å². The lowest BCUT2D eigenvalue weighted by Gasteiger charge is -2.23. The normalized spacial score (nSPS) is 19.8. The van der Waals surface area contributed by atoms with E-state index in [9.17, 15) is 0 Å². The highest BCUT2D eigenvalue weighted by molar-refractivity contribution is 4.55. The molecule has 1 fully saturated rings. The first-order valence-corrected chi connectivity index (χ1v) is 6.81. The summed E-state index contributed by atoms with van der Waals surface area (Å²) in [6.45, 7) is 5.47. The van der Waals surface area contributed by atoms with E-state index in [4.69, 9.17) is 4.84 Å². The van der Waals surface area contributed by atoms with E-state index in [0.717, 1.165) is 19.7 Å². The maximum Gasteiger partial charge on any atom is 0.0685 e. The average Bonchev–Trinajstić information content (AvgIpc) is 2.20. The van der Waals surface area contributed by atoms with E-state index in [1.807, 2.05) is 0 Å². The first-order chi connectivity index (χ1) is 7.43. The van der Waals surface area contributed by atoms with Crippen LogP contribution >= 0.6 is 0 Å². The molecule has 2 nitrogen and oxygen atoms in total. The molecule has 15 heavy (non-hydrogen) atoms. The summed E-state index contributed by atoms with van der Waals surface area (Å²) in [6, 6.07) is 0. The number of hydrogen-bond donors (Lipinski definition) is 0. The van der Waals surface area contributed by atoms with Crippen molar-refractivity contribution in [2.45, 2.75) is 64.7 Å². The van der Waals surface area contributed by atoms with Gasteiger partial charge < -0.3 is 0 Å². The Morgan fingerprint density at radius 2 is 1.53 bits per heavy atom. The number of rotatable bonds is 6. The molecular weight excluding hydrogens is 186 g/mol. The molecule has 0 unspecified atom stereocenters. The van der Waals surface area contributed by atoms with Crippen LogP contribution in [0.3, 0.4) is 0 Å². The van der Waals surface area contributed by atoms with Crippen molar-refractivity contribution in [1.82, 2.24) is 5.06 Å². The van der Waals surface area contributed by atoms with Gasteiger partial charge in [-0.05, 0) is 19.3 Å². The zero-order valence-electron chi connectivity index (χ0n) is 10.3. The average molecular weight is 213 g/mol. The molecule has 0 N–H and O–H groups in total. The Morgan fingerprint density at radius 3 is 2.20 bits per heavy atom. The number of hydrogen-bond acceptors (Lipinski definition) is 2. The Labute approximate surface area is 94.9 Å². The summed E-state index contributed by atoms with van der Waals surface area (Å²) in [7, 11) is 0. The van der Waals surface area contributed by atoms with Crippen LogP contribution in [0, 0.1) is 0 Å². The fourth-order valence-electron chi connectivity index (χ4n) is 2.07. The summed E-state index contributed by atoms with van der Waals surface area (Å²) in [5, 5.41) is 2.20. The van der Waals surface area contributed by atoms with Gasteiger partial charge in [0.25, 0.3) is 0 Å². The number of nitrogens with zero attached hydrogens (tertiary/aromatic N) is 1. The van der Waals surface area contributed by atoms with Gasteiger partial charge in [-0.3, -0.25) is 4.84 Å². The SMILES string of the molecule is CCCCCCON1CCCCCCC1. The van der Waals surface area contributed by atoms with Crippen molar-refractivity contribution in [2.75, 3.05) is 19.7 Å². The van der Waals surface area contributed by atoms with Crippen molar-refractivity contribution < 1.29 is 4.84 Å². The van der Waals surface area contributed by atoms with Crippen LogP contribution in [0.15, 0.2) is 0 Å². The van der Waals surface area contributed by atoms with Gasteiger partial charge >= 0.3 is 0 Å². The van der Waals surface area contributed by atoms with Crippen molar-refractivity contribution in [3.05, 3.63) is 0 Å². The van der Waals surface area contributed by atoms with Gasteiger partial charge in [0.15, 0.2) is 0 Å². The molecule has 2 heteroatoms. The molecule has 90 valence electrons. The minimum atomic E-state index is 0.931. The van der Waals surface area contributed by atoms with Gasteiger partial charge in [-0.25, -0.2) is 0 Å². The summed E-state index contributed by atoms with van der Waals surface area (Å²) >= 11 is 0. The zero-order valence-corrected chi connectivity index (χ0v) is 10.3. The molecule has 1 rings (SSSR count). The molecule has 1 saturated heterocycles. The monoisotopic (exact) mass is 213 g/mol. The van der Waals surface area contributed by atoms with Crippen molar-refractivity contribution in [2.24, 2.45) is 0 Å². The molecule has 0 atom stereocenters. The van der Waals surface area contributed by atoms with Crippen molar-refractivity contribution in [3.63, 3.8) is 0 Å². The van der Waals surface area contributed by atoms with Crippen LogP contribution in [0.5, 0.6) is 0 Å². The minimum Gasteiger partial charge on any atom is -0.299 e. The predicted molar refractivity (Wildman–Crippen MR) is 64.8 cm³/mol. The number of unbranched alkanes of at least 4 members (excludes halogenated alkanes) is 3. The third-order valence-electron chi connectivity index (χ3n) is 3.09. The van der Waals surface area contributed by atoms with E-state index in [-0.39, 0.29) is 0 Å². The molecule has 1 aliphatic heterocycles. The van der Waals surface area contributed by atoms with E-state index < -0.39 is 0 Å². The summed E-state index contributed by atoms with van der Waals surface area (Å²) in [4.78, 5) is 5.80. The van der Waals surface area contributed by atoms with Crippen LogP contribution in [0.2, 0.25) is 0 Å². The van der Waals surface area contributed by atoms with Crippen LogP contribution in [0.1, 0.15) is 64.7 Å². The van der Waals surface area contributed by atoms with Crippen molar-refractivity contribution in [3.8, 4) is 0 Å². The van der Waals surface area contributed by atoms with E-state index in [0.29, 0.717) is 0 Å². The summed E-state index contributed by atoms with van der Waals surface area (Å²) in [5.74, 6) is 0. The first kappa shape index (κ1) is 13.0. The maximum absolute atomic E-state index is 5.80. The smallest absolute Gasteiger partial charge is 0.0685 e. The van der Waals surface area contributed by atoms with Crippen LogP contribution in [-0.4, -0.2) is 24.8 Å². The highest BCUT2D eigenvalue weighted by Crippen LogP contribution is 2.11. The Hall–Kier alpha value is -0.0800. The Balaban J connectivity index is 1.97. The Morgan fingerprint density at radius 1 is 0.867 bits per heavy atom. The standard InChI is InChI=1S/C13H27NO/c1-2-3-4-10-13-15-14-11-8-6-5-7-9-12-14/h2-13H2,1H3.